The molecule has 4 rings (SSSR count). The molecule has 0 spiro atoms. The average Bonchev–Trinajstić information content (AvgIpc) is 2.86. The van der Waals surface area contributed by atoms with Gasteiger partial charge in [0.05, 0.1) is 24.1 Å². The van der Waals surface area contributed by atoms with Crippen molar-refractivity contribution in [2.24, 2.45) is 22.7 Å². The highest BCUT2D eigenvalue weighted by Gasteiger charge is 2.80. The first-order chi connectivity index (χ1) is 12.9. The van der Waals surface area contributed by atoms with Gasteiger partial charge in [-0.2, -0.15) is 15.8 Å². The zero-order chi connectivity index (χ0) is 19.4. The summed E-state index contributed by atoms with van der Waals surface area (Å²) in [6.45, 7) is 2.07. The van der Waals surface area contributed by atoms with Crippen LogP contribution in [-0.4, -0.2) is 11.7 Å². The Kier molecular flexibility index (Phi) is 3.86. The van der Waals surface area contributed by atoms with Crippen LogP contribution in [0.4, 0.5) is 0 Å². The molecule has 1 aliphatic carbocycles. The number of rotatable bonds is 1. The van der Waals surface area contributed by atoms with Crippen molar-refractivity contribution in [1.82, 2.24) is 0 Å². The second kappa shape index (κ2) is 5.80. The molecule has 2 heterocycles. The van der Waals surface area contributed by atoms with Crippen molar-refractivity contribution in [3.8, 4) is 18.2 Å². The molecular weight excluding hydrogens is 408 g/mol. The van der Waals surface area contributed by atoms with Gasteiger partial charge in [-0.05, 0) is 36.5 Å². The number of nitrogens with one attached hydrogen (secondary N) is 1. The SMILES string of the molecule is CC1CCC23OC(=N)C(C#N)(C2C1)C(C#N)(C#N)C(c1cccc(Br)c1)O3. The van der Waals surface area contributed by atoms with Gasteiger partial charge in [-0.15, -0.1) is 0 Å². The van der Waals surface area contributed by atoms with Gasteiger partial charge in [0.2, 0.25) is 17.1 Å². The molecule has 1 N–H and O–H groups in total. The predicted octanol–water partition coefficient (Wildman–Crippen LogP) is 4.20. The quantitative estimate of drug-likeness (QED) is 0.724. The van der Waals surface area contributed by atoms with Gasteiger partial charge in [0, 0.05) is 10.9 Å². The Hall–Kier alpha value is -2.40. The second-order valence-electron chi connectivity index (χ2n) is 7.68. The van der Waals surface area contributed by atoms with Gasteiger partial charge in [-0.3, -0.25) is 5.41 Å². The van der Waals surface area contributed by atoms with E-state index in [0.717, 1.165) is 10.9 Å². The molecule has 3 aliphatic rings. The van der Waals surface area contributed by atoms with E-state index in [9.17, 15) is 15.8 Å². The van der Waals surface area contributed by atoms with Gasteiger partial charge >= 0.3 is 0 Å². The summed E-state index contributed by atoms with van der Waals surface area (Å²) in [6.07, 6.45) is 0.953. The van der Waals surface area contributed by atoms with Crippen LogP contribution >= 0.6 is 15.9 Å². The Balaban J connectivity index is 2.00. The van der Waals surface area contributed by atoms with Gasteiger partial charge in [0.25, 0.3) is 0 Å². The summed E-state index contributed by atoms with van der Waals surface area (Å²) in [5.41, 5.74) is -2.92. The van der Waals surface area contributed by atoms with Crippen LogP contribution in [0.15, 0.2) is 28.7 Å². The molecule has 136 valence electrons. The van der Waals surface area contributed by atoms with Crippen molar-refractivity contribution in [2.75, 3.05) is 0 Å². The number of hydrogen-bond acceptors (Lipinski definition) is 6. The molecule has 1 aromatic rings. The maximum Gasteiger partial charge on any atom is 0.217 e. The molecular formula is C20H17BrN4O2. The molecule has 3 fully saturated rings. The monoisotopic (exact) mass is 424 g/mol. The molecule has 27 heavy (non-hydrogen) atoms. The summed E-state index contributed by atoms with van der Waals surface area (Å²) in [5.74, 6) is -1.67. The summed E-state index contributed by atoms with van der Waals surface area (Å²) < 4.78 is 13.0. The van der Waals surface area contributed by atoms with Crippen molar-refractivity contribution in [3.05, 3.63) is 34.3 Å². The first-order valence-electron chi connectivity index (χ1n) is 8.84. The van der Waals surface area contributed by atoms with Crippen LogP contribution in [0.5, 0.6) is 0 Å². The number of halogens is 1. The van der Waals surface area contributed by atoms with Crippen molar-refractivity contribution in [3.63, 3.8) is 0 Å². The Labute approximate surface area is 165 Å². The Morgan fingerprint density at radius 3 is 2.59 bits per heavy atom. The minimum atomic E-state index is -1.87. The first-order valence-corrected chi connectivity index (χ1v) is 9.63. The predicted molar refractivity (Wildman–Crippen MR) is 97.7 cm³/mol. The zero-order valence-corrected chi connectivity index (χ0v) is 16.3. The fourth-order valence-corrected chi connectivity index (χ4v) is 5.42. The molecule has 1 saturated carbocycles. The molecule has 5 unspecified atom stereocenters. The number of benzene rings is 1. The summed E-state index contributed by atoms with van der Waals surface area (Å²) in [5, 5.41) is 39.1. The van der Waals surface area contributed by atoms with Crippen molar-refractivity contribution in [1.29, 1.82) is 21.2 Å². The van der Waals surface area contributed by atoms with Crippen LogP contribution in [0, 0.1) is 62.1 Å². The number of ether oxygens (including phenoxy) is 2. The highest BCUT2D eigenvalue weighted by Crippen LogP contribution is 2.69. The summed E-state index contributed by atoms with van der Waals surface area (Å²) >= 11 is 3.41. The number of nitriles is 3. The van der Waals surface area contributed by atoms with Gasteiger partial charge in [-0.1, -0.05) is 35.0 Å². The fraction of sp³-hybridized carbons (Fsp3) is 0.500. The molecule has 1 aromatic carbocycles. The lowest BCUT2D eigenvalue weighted by atomic mass is 9.51. The van der Waals surface area contributed by atoms with E-state index in [1.807, 2.05) is 6.07 Å². The topological polar surface area (TPSA) is 114 Å². The highest BCUT2D eigenvalue weighted by molar-refractivity contribution is 9.10. The first kappa shape index (κ1) is 18.0. The normalized spacial score (nSPS) is 38.6. The van der Waals surface area contributed by atoms with Crippen LogP contribution in [-0.2, 0) is 9.47 Å². The van der Waals surface area contributed by atoms with Gasteiger partial charge in [0.1, 0.15) is 6.10 Å². The summed E-state index contributed by atoms with van der Waals surface area (Å²) in [4.78, 5) is 0. The summed E-state index contributed by atoms with van der Waals surface area (Å²) in [6, 6.07) is 13.5. The van der Waals surface area contributed by atoms with Gasteiger partial charge in [0.15, 0.2) is 5.41 Å². The van der Waals surface area contributed by atoms with Crippen LogP contribution in [0.3, 0.4) is 0 Å². The zero-order valence-electron chi connectivity index (χ0n) is 14.7. The maximum absolute atomic E-state index is 10.2. The van der Waals surface area contributed by atoms with Crippen molar-refractivity contribution >= 4 is 21.8 Å². The average molecular weight is 425 g/mol. The maximum atomic E-state index is 10.2. The molecule has 2 aliphatic heterocycles. The third-order valence-electron chi connectivity index (χ3n) is 6.32. The van der Waals surface area contributed by atoms with E-state index < -0.39 is 28.6 Å². The minimum absolute atomic E-state index is 0.298. The third kappa shape index (κ3) is 2.03. The molecule has 0 aromatic heterocycles. The smallest absolute Gasteiger partial charge is 0.217 e. The van der Waals surface area contributed by atoms with Crippen molar-refractivity contribution < 1.29 is 9.47 Å². The second-order valence-corrected chi connectivity index (χ2v) is 8.60. The van der Waals surface area contributed by atoms with E-state index in [4.69, 9.17) is 14.9 Å². The lowest BCUT2D eigenvalue weighted by Crippen LogP contribution is -2.60. The van der Waals surface area contributed by atoms with Gasteiger partial charge in [-0.25, -0.2) is 0 Å². The fourth-order valence-electron chi connectivity index (χ4n) is 5.00. The number of nitrogens with zero attached hydrogens (tertiary/aromatic N) is 3. The Bertz CT molecular complexity index is 944. The highest BCUT2D eigenvalue weighted by atomic mass is 79.9. The van der Waals surface area contributed by atoms with E-state index in [2.05, 4.69) is 41.1 Å². The Morgan fingerprint density at radius 2 is 1.96 bits per heavy atom. The largest absolute Gasteiger partial charge is 0.447 e. The molecule has 6 nitrogen and oxygen atoms in total. The molecule has 2 saturated heterocycles. The minimum Gasteiger partial charge on any atom is -0.447 e. The van der Waals surface area contributed by atoms with Crippen LogP contribution < -0.4 is 0 Å². The molecule has 0 radical (unpaired) electrons. The Morgan fingerprint density at radius 1 is 1.22 bits per heavy atom. The number of hydrogen-bond donors (Lipinski definition) is 1. The molecule has 0 amide bonds. The molecule has 2 bridgehead atoms. The third-order valence-corrected chi connectivity index (χ3v) is 6.82. The standard InChI is InChI=1S/C20H17BrN4O2/c1-12-5-6-20-15(7-12)19(11-24,17(25)27-20)18(9-22,10-23)16(26-20)13-3-2-4-14(21)8-13/h2-4,8,12,15-16,25H,5-7H2,1H3. The lowest BCUT2D eigenvalue weighted by Gasteiger charge is -2.52. The lowest BCUT2D eigenvalue weighted by molar-refractivity contribution is -0.298. The van der Waals surface area contributed by atoms with Crippen LogP contribution in [0.25, 0.3) is 0 Å². The summed E-state index contributed by atoms with van der Waals surface area (Å²) in [7, 11) is 0. The van der Waals surface area contributed by atoms with Crippen LogP contribution in [0.2, 0.25) is 0 Å². The van der Waals surface area contributed by atoms with E-state index >= 15 is 0 Å². The molecule has 5 atom stereocenters. The van der Waals surface area contributed by atoms with E-state index in [1.54, 1.807) is 18.2 Å². The van der Waals surface area contributed by atoms with Crippen molar-refractivity contribution in [2.45, 2.75) is 38.1 Å². The van der Waals surface area contributed by atoms with E-state index in [0.29, 0.717) is 24.3 Å². The van der Waals surface area contributed by atoms with Crippen LogP contribution in [0.1, 0.15) is 37.9 Å². The van der Waals surface area contributed by atoms with Gasteiger partial charge < -0.3 is 9.47 Å². The molecule has 7 heteroatoms. The van der Waals surface area contributed by atoms with E-state index in [-0.39, 0.29) is 5.90 Å². The van der Waals surface area contributed by atoms with E-state index in [1.165, 1.54) is 0 Å².